The topological polar surface area (TPSA) is 95.5 Å². The summed E-state index contributed by atoms with van der Waals surface area (Å²) in [6.45, 7) is 4.21. The van der Waals surface area contributed by atoms with Gasteiger partial charge in [0.2, 0.25) is 5.91 Å². The van der Waals surface area contributed by atoms with Crippen molar-refractivity contribution >= 4 is 23.5 Å². The lowest BCUT2D eigenvalue weighted by atomic mass is 9.98. The first-order chi connectivity index (χ1) is 9.69. The minimum Gasteiger partial charge on any atom is -0.480 e. The van der Waals surface area contributed by atoms with E-state index < -0.39 is 23.2 Å². The Balaban J connectivity index is 3.06. The van der Waals surface area contributed by atoms with Crippen molar-refractivity contribution in [3.8, 4) is 0 Å². The second-order valence-electron chi connectivity index (χ2n) is 4.82. The molecular weight excluding hydrogens is 279 g/mol. The molecule has 0 bridgehead atoms. The highest BCUT2D eigenvalue weighted by molar-refractivity contribution is 5.99. The van der Waals surface area contributed by atoms with Gasteiger partial charge in [0, 0.05) is 12.6 Å². The van der Waals surface area contributed by atoms with Gasteiger partial charge in [-0.25, -0.2) is 9.18 Å². The van der Waals surface area contributed by atoms with Gasteiger partial charge in [0.1, 0.15) is 11.4 Å². The number of carbonyl (C=O) groups excluding carboxylic acids is 2. The van der Waals surface area contributed by atoms with E-state index in [4.69, 9.17) is 5.11 Å². The van der Waals surface area contributed by atoms with Crippen LogP contribution in [-0.4, -0.2) is 28.4 Å². The van der Waals surface area contributed by atoms with Gasteiger partial charge >= 0.3 is 5.97 Å². The molecule has 1 rings (SSSR count). The van der Waals surface area contributed by atoms with Crippen LogP contribution in [0.5, 0.6) is 0 Å². The standard InChI is InChI=1S/C14H17FN2O4/c1-4-14(3,13(20)21)17-12(19)10-7-9(16-8(2)18)5-6-11(10)15/h5-7H,4H2,1-3H3,(H,16,18)(H,17,19)(H,20,21). The number of carboxylic acid groups (broad SMARTS) is 1. The summed E-state index contributed by atoms with van der Waals surface area (Å²) < 4.78 is 13.7. The van der Waals surface area contributed by atoms with Crippen LogP contribution in [0.3, 0.4) is 0 Å². The first-order valence-corrected chi connectivity index (χ1v) is 6.32. The molecule has 0 aromatic heterocycles. The maximum atomic E-state index is 13.7. The van der Waals surface area contributed by atoms with Gasteiger partial charge in [0.15, 0.2) is 0 Å². The largest absolute Gasteiger partial charge is 0.480 e. The molecule has 1 atom stereocenters. The van der Waals surface area contributed by atoms with Gasteiger partial charge in [0.05, 0.1) is 5.56 Å². The van der Waals surface area contributed by atoms with Crippen molar-refractivity contribution in [1.29, 1.82) is 0 Å². The highest BCUT2D eigenvalue weighted by Crippen LogP contribution is 2.17. The summed E-state index contributed by atoms with van der Waals surface area (Å²) in [5.41, 5.74) is -1.57. The van der Waals surface area contributed by atoms with Crippen LogP contribution in [0.2, 0.25) is 0 Å². The molecule has 21 heavy (non-hydrogen) atoms. The quantitative estimate of drug-likeness (QED) is 0.771. The molecule has 114 valence electrons. The number of carbonyl (C=O) groups is 3. The molecule has 0 saturated carbocycles. The second kappa shape index (κ2) is 6.34. The first kappa shape index (κ1) is 16.6. The lowest BCUT2D eigenvalue weighted by Crippen LogP contribution is -2.51. The molecule has 6 nitrogen and oxygen atoms in total. The molecule has 2 amide bonds. The van der Waals surface area contributed by atoms with Gasteiger partial charge in [-0.2, -0.15) is 0 Å². The lowest BCUT2D eigenvalue weighted by Gasteiger charge is -2.24. The van der Waals surface area contributed by atoms with Gasteiger partial charge in [-0.15, -0.1) is 0 Å². The van der Waals surface area contributed by atoms with Gasteiger partial charge in [-0.3, -0.25) is 9.59 Å². The zero-order valence-corrected chi connectivity index (χ0v) is 12.0. The summed E-state index contributed by atoms with van der Waals surface area (Å²) in [5.74, 6) is -3.23. The average Bonchev–Trinajstić information content (AvgIpc) is 2.39. The molecule has 0 spiro atoms. The van der Waals surface area contributed by atoms with E-state index >= 15 is 0 Å². The molecule has 3 N–H and O–H groups in total. The smallest absolute Gasteiger partial charge is 0.329 e. The van der Waals surface area contributed by atoms with E-state index in [9.17, 15) is 18.8 Å². The molecule has 0 aliphatic carbocycles. The van der Waals surface area contributed by atoms with E-state index in [-0.39, 0.29) is 23.6 Å². The molecule has 1 aromatic rings. The molecule has 1 unspecified atom stereocenters. The Kier molecular flexibility index (Phi) is 5.02. The normalized spacial score (nSPS) is 13.1. The number of nitrogens with one attached hydrogen (secondary N) is 2. The summed E-state index contributed by atoms with van der Waals surface area (Å²) in [6.07, 6.45) is 0.140. The highest BCUT2D eigenvalue weighted by Gasteiger charge is 2.33. The Hall–Kier alpha value is -2.44. The van der Waals surface area contributed by atoms with Crippen molar-refractivity contribution < 1.29 is 23.9 Å². The number of hydrogen-bond acceptors (Lipinski definition) is 3. The van der Waals surface area contributed by atoms with Gasteiger partial charge in [0.25, 0.3) is 5.91 Å². The van der Waals surface area contributed by atoms with Crippen LogP contribution in [-0.2, 0) is 9.59 Å². The molecular formula is C14H17FN2O4. The fourth-order valence-electron chi connectivity index (χ4n) is 1.59. The molecule has 0 radical (unpaired) electrons. The van der Waals surface area contributed by atoms with Crippen LogP contribution < -0.4 is 10.6 Å². The van der Waals surface area contributed by atoms with Crippen molar-refractivity contribution in [3.05, 3.63) is 29.6 Å². The van der Waals surface area contributed by atoms with Crippen LogP contribution in [0.4, 0.5) is 10.1 Å². The van der Waals surface area contributed by atoms with Gasteiger partial charge < -0.3 is 15.7 Å². The third-order valence-corrected chi connectivity index (χ3v) is 3.10. The van der Waals surface area contributed by atoms with Crippen LogP contribution in [0.25, 0.3) is 0 Å². The van der Waals surface area contributed by atoms with E-state index in [0.29, 0.717) is 0 Å². The van der Waals surface area contributed by atoms with E-state index in [0.717, 1.165) is 12.1 Å². The summed E-state index contributed by atoms with van der Waals surface area (Å²) in [7, 11) is 0. The highest BCUT2D eigenvalue weighted by atomic mass is 19.1. The Morgan fingerprint density at radius 1 is 1.33 bits per heavy atom. The van der Waals surface area contributed by atoms with Crippen molar-refractivity contribution in [3.63, 3.8) is 0 Å². The van der Waals surface area contributed by atoms with Crippen molar-refractivity contribution in [2.45, 2.75) is 32.7 Å². The second-order valence-corrected chi connectivity index (χ2v) is 4.82. The molecule has 1 aromatic carbocycles. The predicted molar refractivity (Wildman–Crippen MR) is 74.5 cm³/mol. The summed E-state index contributed by atoms with van der Waals surface area (Å²) in [4.78, 5) is 34.2. The molecule has 0 aliphatic rings. The number of halogens is 1. The van der Waals surface area contributed by atoms with Crippen molar-refractivity contribution in [2.75, 3.05) is 5.32 Å². The molecule has 0 fully saturated rings. The van der Waals surface area contributed by atoms with Crippen LogP contribution in [0.1, 0.15) is 37.6 Å². The predicted octanol–water partition coefficient (Wildman–Crippen LogP) is 1.77. The average molecular weight is 296 g/mol. The van der Waals surface area contributed by atoms with Gasteiger partial charge in [-0.1, -0.05) is 6.92 Å². The SMILES string of the molecule is CCC(C)(NC(=O)c1cc(NC(C)=O)ccc1F)C(=O)O. The number of hydrogen-bond donors (Lipinski definition) is 3. The minimum atomic E-state index is -1.49. The maximum absolute atomic E-state index is 13.7. The van der Waals surface area contributed by atoms with E-state index in [1.165, 1.54) is 19.9 Å². The van der Waals surface area contributed by atoms with E-state index in [1.54, 1.807) is 6.92 Å². The van der Waals surface area contributed by atoms with Crippen LogP contribution in [0, 0.1) is 5.82 Å². The summed E-state index contributed by atoms with van der Waals surface area (Å²) in [6, 6.07) is 3.50. The van der Waals surface area contributed by atoms with Crippen LogP contribution in [0.15, 0.2) is 18.2 Å². The fourth-order valence-corrected chi connectivity index (χ4v) is 1.59. The number of anilines is 1. The minimum absolute atomic E-state index is 0.140. The fraction of sp³-hybridized carbons (Fsp3) is 0.357. The Morgan fingerprint density at radius 3 is 2.43 bits per heavy atom. The van der Waals surface area contributed by atoms with Crippen molar-refractivity contribution in [1.82, 2.24) is 5.32 Å². The van der Waals surface area contributed by atoms with E-state index in [1.807, 2.05) is 0 Å². The Bertz CT molecular complexity index is 588. The lowest BCUT2D eigenvalue weighted by molar-refractivity contribution is -0.143. The maximum Gasteiger partial charge on any atom is 0.329 e. The summed E-state index contributed by atoms with van der Waals surface area (Å²) in [5, 5.41) is 13.8. The van der Waals surface area contributed by atoms with Crippen molar-refractivity contribution in [2.24, 2.45) is 0 Å². The number of carboxylic acids is 1. The molecule has 0 heterocycles. The molecule has 0 aliphatic heterocycles. The van der Waals surface area contributed by atoms with E-state index in [2.05, 4.69) is 10.6 Å². The Labute approximate surface area is 121 Å². The first-order valence-electron chi connectivity index (χ1n) is 6.32. The monoisotopic (exact) mass is 296 g/mol. The van der Waals surface area contributed by atoms with Crippen LogP contribution >= 0.6 is 0 Å². The number of rotatable bonds is 5. The third kappa shape index (κ3) is 4.01. The third-order valence-electron chi connectivity index (χ3n) is 3.10. The Morgan fingerprint density at radius 2 is 1.95 bits per heavy atom. The summed E-state index contributed by atoms with van der Waals surface area (Å²) >= 11 is 0. The number of amides is 2. The molecule has 7 heteroatoms. The number of benzene rings is 1. The van der Waals surface area contributed by atoms with Gasteiger partial charge in [-0.05, 0) is 31.5 Å². The number of aliphatic carboxylic acids is 1. The zero-order valence-electron chi connectivity index (χ0n) is 12.0. The molecule has 0 saturated heterocycles. The zero-order chi connectivity index (χ0) is 16.2.